The Labute approximate surface area is 119 Å². The van der Waals surface area contributed by atoms with Crippen LogP contribution in [0.5, 0.6) is 0 Å². The third-order valence-electron chi connectivity index (χ3n) is 4.49. The largest absolute Gasteiger partial charge is 0.461 e. The number of benzene rings is 1. The summed E-state index contributed by atoms with van der Waals surface area (Å²) >= 11 is 0. The zero-order valence-corrected chi connectivity index (χ0v) is 11.8. The minimum Gasteiger partial charge on any atom is -0.461 e. The Hall–Kier alpha value is -1.96. The Morgan fingerprint density at radius 3 is 2.50 bits per heavy atom. The molecule has 3 aliphatic rings. The number of allylic oxidation sites excluding steroid dienone is 1. The molecule has 2 nitrogen and oxygen atoms in total. The second-order valence-electron chi connectivity index (χ2n) is 5.86. The van der Waals surface area contributed by atoms with Crippen LogP contribution in [0.15, 0.2) is 47.0 Å². The molecule has 2 bridgehead atoms. The van der Waals surface area contributed by atoms with E-state index >= 15 is 0 Å². The van der Waals surface area contributed by atoms with E-state index in [9.17, 15) is 0 Å². The minimum absolute atomic E-state index is 0.674. The molecule has 1 saturated heterocycles. The Kier molecular flexibility index (Phi) is 2.69. The van der Waals surface area contributed by atoms with E-state index in [1.165, 1.54) is 42.6 Å². The minimum atomic E-state index is 0.674. The van der Waals surface area contributed by atoms with Crippen LogP contribution >= 0.6 is 0 Å². The Balaban J connectivity index is 1.83. The zero-order valence-electron chi connectivity index (χ0n) is 11.8. The van der Waals surface area contributed by atoms with E-state index in [1.54, 1.807) is 0 Å². The molecular formula is C18H19NO. The average Bonchev–Trinajstić information content (AvgIpc) is 2.91. The van der Waals surface area contributed by atoms with Crippen molar-refractivity contribution in [1.82, 2.24) is 4.90 Å². The van der Waals surface area contributed by atoms with E-state index < -0.39 is 0 Å². The summed E-state index contributed by atoms with van der Waals surface area (Å²) in [7, 11) is 0. The van der Waals surface area contributed by atoms with Crippen LogP contribution in [0.2, 0.25) is 0 Å². The van der Waals surface area contributed by atoms with Gasteiger partial charge in [0.25, 0.3) is 0 Å². The topological polar surface area (TPSA) is 16.4 Å². The lowest BCUT2D eigenvalue weighted by Crippen LogP contribution is -2.35. The highest BCUT2D eigenvalue weighted by Crippen LogP contribution is 2.42. The van der Waals surface area contributed by atoms with Gasteiger partial charge in [-0.1, -0.05) is 30.3 Å². The fraction of sp³-hybridized carbons (Fsp3) is 0.333. The standard InChI is InChI=1S/C18H19NO/c1-13-11-16(14-5-3-2-4-6-14)18(20-13)17-12-19-9-7-15(17)8-10-19/h2-6,11-12,15H,7-10H2,1H3. The summed E-state index contributed by atoms with van der Waals surface area (Å²) in [6, 6.07) is 12.7. The molecule has 0 unspecified atom stereocenters. The summed E-state index contributed by atoms with van der Waals surface area (Å²) in [5.41, 5.74) is 3.88. The van der Waals surface area contributed by atoms with Gasteiger partial charge in [-0.2, -0.15) is 0 Å². The molecule has 2 heteroatoms. The lowest BCUT2D eigenvalue weighted by molar-refractivity contribution is 0.249. The normalized spacial score (nSPS) is 18.4. The average molecular weight is 265 g/mol. The number of nitrogens with zero attached hydrogens (tertiary/aromatic N) is 1. The molecule has 0 N–H and O–H groups in total. The van der Waals surface area contributed by atoms with Crippen LogP contribution in [0.1, 0.15) is 24.4 Å². The third-order valence-corrected chi connectivity index (χ3v) is 4.49. The number of aryl methyl sites for hydroxylation is 1. The van der Waals surface area contributed by atoms with Gasteiger partial charge in [0.2, 0.25) is 0 Å². The van der Waals surface area contributed by atoms with Crippen LogP contribution < -0.4 is 0 Å². The molecule has 0 radical (unpaired) electrons. The van der Waals surface area contributed by atoms with E-state index in [1.807, 2.05) is 6.92 Å². The molecule has 0 atom stereocenters. The number of hydrogen-bond acceptors (Lipinski definition) is 2. The van der Waals surface area contributed by atoms with Crippen LogP contribution in [-0.2, 0) is 0 Å². The molecule has 1 aromatic carbocycles. The molecule has 4 heterocycles. The van der Waals surface area contributed by atoms with Crippen LogP contribution in [-0.4, -0.2) is 18.0 Å². The predicted molar refractivity (Wildman–Crippen MR) is 81.2 cm³/mol. The van der Waals surface area contributed by atoms with Gasteiger partial charge in [0.15, 0.2) is 0 Å². The van der Waals surface area contributed by atoms with E-state index in [4.69, 9.17) is 4.42 Å². The fourth-order valence-corrected chi connectivity index (χ4v) is 3.45. The molecular weight excluding hydrogens is 246 g/mol. The number of hydrogen-bond donors (Lipinski definition) is 0. The Morgan fingerprint density at radius 2 is 1.85 bits per heavy atom. The summed E-state index contributed by atoms with van der Waals surface area (Å²) in [6.07, 6.45) is 4.85. The maximum absolute atomic E-state index is 6.07. The summed E-state index contributed by atoms with van der Waals surface area (Å²) in [6.45, 7) is 4.45. The summed E-state index contributed by atoms with van der Waals surface area (Å²) in [4.78, 5) is 2.43. The summed E-state index contributed by atoms with van der Waals surface area (Å²) in [5.74, 6) is 2.76. The molecule has 1 fully saturated rings. The van der Waals surface area contributed by atoms with Crippen molar-refractivity contribution in [3.8, 4) is 11.1 Å². The van der Waals surface area contributed by atoms with Crippen molar-refractivity contribution >= 4 is 5.57 Å². The van der Waals surface area contributed by atoms with Gasteiger partial charge in [-0.25, -0.2) is 0 Å². The predicted octanol–water partition coefficient (Wildman–Crippen LogP) is 4.32. The second kappa shape index (κ2) is 4.55. The number of fused-ring (bicyclic) bond motifs is 2. The summed E-state index contributed by atoms with van der Waals surface area (Å²) < 4.78 is 6.07. The third kappa shape index (κ3) is 1.87. The van der Waals surface area contributed by atoms with Gasteiger partial charge >= 0.3 is 0 Å². The maximum atomic E-state index is 6.07. The number of furan rings is 1. The molecule has 20 heavy (non-hydrogen) atoms. The first kappa shape index (κ1) is 11.8. The Bertz CT molecular complexity index is 645. The van der Waals surface area contributed by atoms with Crippen molar-refractivity contribution in [2.45, 2.75) is 19.8 Å². The Morgan fingerprint density at radius 1 is 1.10 bits per heavy atom. The lowest BCUT2D eigenvalue weighted by atomic mass is 9.83. The van der Waals surface area contributed by atoms with Crippen LogP contribution in [0.3, 0.4) is 0 Å². The first-order valence-electron chi connectivity index (χ1n) is 7.43. The first-order valence-corrected chi connectivity index (χ1v) is 7.43. The molecule has 0 saturated carbocycles. The molecule has 0 aliphatic carbocycles. The summed E-state index contributed by atoms with van der Waals surface area (Å²) in [5, 5.41) is 0. The van der Waals surface area contributed by atoms with Gasteiger partial charge < -0.3 is 9.32 Å². The lowest BCUT2D eigenvalue weighted by Gasteiger charge is -2.38. The van der Waals surface area contributed by atoms with E-state index in [0.29, 0.717) is 5.92 Å². The first-order chi connectivity index (χ1) is 9.81. The number of rotatable bonds is 2. The van der Waals surface area contributed by atoms with E-state index in [0.717, 1.165) is 11.5 Å². The monoisotopic (exact) mass is 265 g/mol. The van der Waals surface area contributed by atoms with Gasteiger partial charge in [-0.15, -0.1) is 0 Å². The molecule has 5 rings (SSSR count). The van der Waals surface area contributed by atoms with Crippen molar-refractivity contribution < 1.29 is 4.42 Å². The number of piperidine rings is 1. The highest BCUT2D eigenvalue weighted by atomic mass is 16.3. The fourth-order valence-electron chi connectivity index (χ4n) is 3.45. The SMILES string of the molecule is Cc1cc(-c2ccccc2)c(C2=CN3CCC2CC3)o1. The van der Waals surface area contributed by atoms with Crippen molar-refractivity contribution in [3.63, 3.8) is 0 Å². The second-order valence-corrected chi connectivity index (χ2v) is 5.86. The maximum Gasteiger partial charge on any atom is 0.139 e. The van der Waals surface area contributed by atoms with Crippen molar-refractivity contribution in [3.05, 3.63) is 54.1 Å². The van der Waals surface area contributed by atoms with Crippen molar-refractivity contribution in [2.24, 2.45) is 5.92 Å². The van der Waals surface area contributed by atoms with Gasteiger partial charge in [0.05, 0.1) is 0 Å². The van der Waals surface area contributed by atoms with Crippen molar-refractivity contribution in [1.29, 1.82) is 0 Å². The highest BCUT2D eigenvalue weighted by Gasteiger charge is 2.31. The van der Waals surface area contributed by atoms with Crippen LogP contribution in [0.4, 0.5) is 0 Å². The van der Waals surface area contributed by atoms with Gasteiger partial charge in [0, 0.05) is 30.4 Å². The molecule has 1 aromatic heterocycles. The van der Waals surface area contributed by atoms with Gasteiger partial charge in [-0.05, 0) is 37.3 Å². The molecule has 102 valence electrons. The van der Waals surface area contributed by atoms with Crippen molar-refractivity contribution in [2.75, 3.05) is 13.1 Å². The van der Waals surface area contributed by atoms with Gasteiger partial charge in [-0.3, -0.25) is 0 Å². The smallest absolute Gasteiger partial charge is 0.139 e. The van der Waals surface area contributed by atoms with E-state index in [-0.39, 0.29) is 0 Å². The van der Waals surface area contributed by atoms with E-state index in [2.05, 4.69) is 47.5 Å². The van der Waals surface area contributed by atoms with Crippen LogP contribution in [0, 0.1) is 12.8 Å². The molecule has 0 spiro atoms. The molecule has 0 amide bonds. The quantitative estimate of drug-likeness (QED) is 0.804. The highest BCUT2D eigenvalue weighted by molar-refractivity contribution is 5.80. The molecule has 2 aromatic rings. The van der Waals surface area contributed by atoms with Crippen LogP contribution in [0.25, 0.3) is 16.7 Å². The van der Waals surface area contributed by atoms with Gasteiger partial charge in [0.1, 0.15) is 11.5 Å². The zero-order chi connectivity index (χ0) is 13.5. The molecule has 3 aliphatic heterocycles.